The number of allylic oxidation sites excluding steroid dienone is 1. The van der Waals surface area contributed by atoms with E-state index in [1.165, 1.54) is 0 Å². The van der Waals surface area contributed by atoms with Crippen molar-refractivity contribution in [2.45, 2.75) is 20.8 Å². The molecule has 0 saturated heterocycles. The molecule has 0 atom stereocenters. The molecule has 0 saturated carbocycles. The van der Waals surface area contributed by atoms with E-state index >= 15 is 0 Å². The highest BCUT2D eigenvalue weighted by atomic mass is 16.2. The minimum absolute atomic E-state index is 0.0660. The fourth-order valence-electron chi connectivity index (χ4n) is 1.81. The summed E-state index contributed by atoms with van der Waals surface area (Å²) in [6.07, 6.45) is 0. The van der Waals surface area contributed by atoms with Crippen LogP contribution in [0.5, 0.6) is 0 Å². The Hall–Kier alpha value is -2.23. The molecule has 0 aliphatic heterocycles. The van der Waals surface area contributed by atoms with E-state index < -0.39 is 11.6 Å². The highest BCUT2D eigenvalue weighted by molar-refractivity contribution is 6.52. The van der Waals surface area contributed by atoms with Gasteiger partial charge in [-0.3, -0.25) is 14.6 Å². The van der Waals surface area contributed by atoms with Crippen molar-refractivity contribution in [2.75, 3.05) is 0 Å². The fourth-order valence-corrected chi connectivity index (χ4v) is 1.81. The molecule has 4 heteroatoms. The summed E-state index contributed by atoms with van der Waals surface area (Å²) in [6.45, 7) is 5.91. The van der Waals surface area contributed by atoms with Crippen LogP contribution in [0.15, 0.2) is 35.0 Å². The van der Waals surface area contributed by atoms with Gasteiger partial charge >= 0.3 is 0 Å². The summed E-state index contributed by atoms with van der Waals surface area (Å²) >= 11 is 0. The van der Waals surface area contributed by atoms with Gasteiger partial charge in [0.2, 0.25) is 5.78 Å². The first-order valence-electron chi connectivity index (χ1n) is 6.16. The summed E-state index contributed by atoms with van der Waals surface area (Å²) in [7, 11) is 0. The van der Waals surface area contributed by atoms with Crippen molar-refractivity contribution in [3.8, 4) is 0 Å². The maximum absolute atomic E-state index is 11.9. The number of benzene rings is 1. The second kappa shape index (κ2) is 4.80. The maximum atomic E-state index is 11.9. The van der Waals surface area contributed by atoms with Crippen LogP contribution in [0.4, 0.5) is 0 Å². The lowest BCUT2D eigenvalue weighted by atomic mass is 9.90. The molecule has 2 rings (SSSR count). The molecule has 0 spiro atoms. The molecule has 19 heavy (non-hydrogen) atoms. The summed E-state index contributed by atoms with van der Waals surface area (Å²) in [5.41, 5.74) is 7.99. The third-order valence-electron chi connectivity index (χ3n) is 3.26. The van der Waals surface area contributed by atoms with Gasteiger partial charge in [0.1, 0.15) is 5.70 Å². The molecular weight excluding hydrogens is 240 g/mol. The smallest absolute Gasteiger partial charge is 0.251 e. The number of aliphatic imine (C=N–C) groups is 1. The Balaban J connectivity index is 2.67. The van der Waals surface area contributed by atoms with Crippen molar-refractivity contribution in [1.82, 2.24) is 0 Å². The van der Waals surface area contributed by atoms with Crippen LogP contribution in [0.1, 0.15) is 36.7 Å². The maximum Gasteiger partial charge on any atom is 0.251 e. The van der Waals surface area contributed by atoms with E-state index in [-0.39, 0.29) is 11.6 Å². The van der Waals surface area contributed by atoms with E-state index in [4.69, 9.17) is 5.73 Å². The van der Waals surface area contributed by atoms with Crippen LogP contribution >= 0.6 is 0 Å². The minimum atomic E-state index is -0.672. The fraction of sp³-hybridized carbons (Fsp3) is 0.267. The number of nitrogens with two attached hydrogens (primary N) is 1. The average Bonchev–Trinajstić information content (AvgIpc) is 2.40. The lowest BCUT2D eigenvalue weighted by Crippen LogP contribution is -2.28. The van der Waals surface area contributed by atoms with Crippen molar-refractivity contribution < 1.29 is 9.59 Å². The predicted octanol–water partition coefficient (Wildman–Crippen LogP) is 2.20. The molecule has 2 N–H and O–H groups in total. The zero-order valence-corrected chi connectivity index (χ0v) is 11.2. The first kappa shape index (κ1) is 13.2. The molecule has 1 aliphatic rings. The van der Waals surface area contributed by atoms with Crippen molar-refractivity contribution in [3.63, 3.8) is 0 Å². The summed E-state index contributed by atoms with van der Waals surface area (Å²) in [5, 5.41) is 0. The summed E-state index contributed by atoms with van der Waals surface area (Å²) in [4.78, 5) is 28.2. The zero-order chi connectivity index (χ0) is 14.2. The zero-order valence-electron chi connectivity index (χ0n) is 11.2. The SMILES string of the molecule is CC(=NC1=C(N)C(=O)C(=O)c2ccccc21)C(C)C. The summed E-state index contributed by atoms with van der Waals surface area (Å²) in [5.74, 6) is -0.983. The quantitative estimate of drug-likeness (QED) is 0.651. The largest absolute Gasteiger partial charge is 0.394 e. The normalized spacial score (nSPS) is 16.1. The average molecular weight is 256 g/mol. The third kappa shape index (κ3) is 2.21. The number of hydrogen-bond donors (Lipinski definition) is 1. The van der Waals surface area contributed by atoms with Gasteiger partial charge in [0.05, 0.1) is 5.70 Å². The molecule has 4 nitrogen and oxygen atoms in total. The van der Waals surface area contributed by atoms with E-state index in [1.54, 1.807) is 24.3 Å². The molecule has 1 aliphatic carbocycles. The van der Waals surface area contributed by atoms with Crippen molar-refractivity contribution in [1.29, 1.82) is 0 Å². The number of ketones is 2. The number of nitrogens with zero attached hydrogens (tertiary/aromatic N) is 1. The van der Waals surface area contributed by atoms with Gasteiger partial charge < -0.3 is 5.73 Å². The van der Waals surface area contributed by atoms with Crippen LogP contribution in [0.2, 0.25) is 0 Å². The number of hydrogen-bond acceptors (Lipinski definition) is 4. The van der Waals surface area contributed by atoms with Crippen LogP contribution in [0.25, 0.3) is 5.70 Å². The Labute approximate surface area is 112 Å². The van der Waals surface area contributed by atoms with E-state index in [0.717, 1.165) is 5.71 Å². The van der Waals surface area contributed by atoms with Gasteiger partial charge in [0.15, 0.2) is 0 Å². The van der Waals surface area contributed by atoms with Crippen LogP contribution < -0.4 is 5.73 Å². The number of Topliss-reactive ketones (excluding diaryl/α,β-unsaturated/α-hetero) is 2. The van der Waals surface area contributed by atoms with E-state index in [9.17, 15) is 9.59 Å². The summed E-state index contributed by atoms with van der Waals surface area (Å²) in [6, 6.07) is 6.92. The van der Waals surface area contributed by atoms with Crippen molar-refractivity contribution >= 4 is 23.0 Å². The molecule has 0 unspecified atom stereocenters. The lowest BCUT2D eigenvalue weighted by molar-refractivity contribution is -0.111. The standard InChI is InChI=1S/C15H16N2O2/c1-8(2)9(3)17-13-10-6-4-5-7-11(10)14(18)15(19)12(13)16/h4-8H,16H2,1-3H3. The van der Waals surface area contributed by atoms with Gasteiger partial charge in [-0.05, 0) is 12.8 Å². The van der Waals surface area contributed by atoms with Gasteiger partial charge in [-0.1, -0.05) is 38.1 Å². The Morgan fingerprint density at radius 1 is 1.11 bits per heavy atom. The Morgan fingerprint density at radius 2 is 1.68 bits per heavy atom. The predicted molar refractivity (Wildman–Crippen MR) is 74.8 cm³/mol. The number of fused-ring (bicyclic) bond motifs is 1. The van der Waals surface area contributed by atoms with Crippen molar-refractivity contribution in [3.05, 3.63) is 41.1 Å². The molecule has 0 amide bonds. The van der Waals surface area contributed by atoms with Crippen LogP contribution in [-0.2, 0) is 4.79 Å². The van der Waals surface area contributed by atoms with Gasteiger partial charge in [-0.2, -0.15) is 0 Å². The molecule has 0 fully saturated rings. The Kier molecular flexibility index (Phi) is 3.34. The van der Waals surface area contributed by atoms with Crippen LogP contribution in [-0.4, -0.2) is 17.3 Å². The number of rotatable bonds is 2. The molecule has 0 radical (unpaired) electrons. The second-order valence-corrected chi connectivity index (χ2v) is 4.87. The lowest BCUT2D eigenvalue weighted by Gasteiger charge is -2.17. The highest BCUT2D eigenvalue weighted by Crippen LogP contribution is 2.28. The van der Waals surface area contributed by atoms with E-state index in [0.29, 0.717) is 16.8 Å². The van der Waals surface area contributed by atoms with Crippen LogP contribution in [0.3, 0.4) is 0 Å². The van der Waals surface area contributed by atoms with E-state index in [2.05, 4.69) is 4.99 Å². The van der Waals surface area contributed by atoms with Gasteiger partial charge in [0.25, 0.3) is 5.78 Å². The van der Waals surface area contributed by atoms with E-state index in [1.807, 2.05) is 20.8 Å². The minimum Gasteiger partial charge on any atom is -0.394 e. The van der Waals surface area contributed by atoms with Gasteiger partial charge in [-0.15, -0.1) is 0 Å². The number of carbonyl (C=O) groups is 2. The third-order valence-corrected chi connectivity index (χ3v) is 3.26. The number of carbonyl (C=O) groups excluding carboxylic acids is 2. The molecule has 1 aromatic rings. The molecular formula is C15H16N2O2. The van der Waals surface area contributed by atoms with Crippen molar-refractivity contribution in [2.24, 2.45) is 16.6 Å². The monoisotopic (exact) mass is 256 g/mol. The molecule has 0 heterocycles. The van der Waals surface area contributed by atoms with Gasteiger partial charge in [-0.25, -0.2) is 0 Å². The molecule has 98 valence electrons. The Bertz CT molecular complexity index is 625. The first-order chi connectivity index (χ1) is 8.93. The molecule has 1 aromatic carbocycles. The van der Waals surface area contributed by atoms with Gasteiger partial charge in [0, 0.05) is 16.8 Å². The highest BCUT2D eigenvalue weighted by Gasteiger charge is 2.31. The second-order valence-electron chi connectivity index (χ2n) is 4.87. The summed E-state index contributed by atoms with van der Waals surface area (Å²) < 4.78 is 0. The molecule has 0 bridgehead atoms. The topological polar surface area (TPSA) is 72.5 Å². The Morgan fingerprint density at radius 3 is 2.26 bits per heavy atom. The van der Waals surface area contributed by atoms with Crippen LogP contribution in [0, 0.1) is 5.92 Å². The molecule has 0 aromatic heterocycles. The first-order valence-corrected chi connectivity index (χ1v) is 6.16.